The van der Waals surface area contributed by atoms with Crippen molar-refractivity contribution in [1.29, 1.82) is 0 Å². The van der Waals surface area contributed by atoms with Gasteiger partial charge in [-0.05, 0) is 53.5 Å². The monoisotopic (exact) mass is 314 g/mol. The van der Waals surface area contributed by atoms with Gasteiger partial charge in [0.2, 0.25) is 0 Å². The van der Waals surface area contributed by atoms with Crippen molar-refractivity contribution in [3.8, 4) is 5.75 Å². The van der Waals surface area contributed by atoms with E-state index in [0.717, 1.165) is 5.75 Å². The Morgan fingerprint density at radius 1 is 0.583 bits per heavy atom. The van der Waals surface area contributed by atoms with Gasteiger partial charge in [-0.25, -0.2) is 0 Å². The fourth-order valence-corrected chi connectivity index (χ4v) is 3.85. The molecule has 0 heterocycles. The van der Waals surface area contributed by atoms with Crippen molar-refractivity contribution >= 4 is 0 Å². The quantitative estimate of drug-likeness (QED) is 0.603. The van der Waals surface area contributed by atoms with E-state index in [-0.39, 0.29) is 0 Å². The zero-order valence-electron chi connectivity index (χ0n) is 14.1. The van der Waals surface area contributed by atoms with Crippen molar-refractivity contribution < 1.29 is 4.74 Å². The summed E-state index contributed by atoms with van der Waals surface area (Å²) in [6.07, 6.45) is 0. The molecule has 0 spiro atoms. The molecule has 120 valence electrons. The van der Waals surface area contributed by atoms with Crippen LogP contribution in [0, 0.1) is 6.92 Å². The van der Waals surface area contributed by atoms with Gasteiger partial charge in [-0.3, -0.25) is 0 Å². The smallest absolute Gasteiger partial charge is 0.118 e. The molecule has 1 nitrogen and oxygen atoms in total. The number of methoxy groups -OCH3 is 1. The first-order valence-corrected chi connectivity index (χ1v) is 8.53. The van der Waals surface area contributed by atoms with E-state index >= 15 is 0 Å². The molecule has 3 unspecified atom stereocenters. The Hall–Kier alpha value is -2.54. The fourth-order valence-electron chi connectivity index (χ4n) is 3.85. The summed E-state index contributed by atoms with van der Waals surface area (Å²) in [5.41, 5.74) is 5.59. The van der Waals surface area contributed by atoms with Gasteiger partial charge in [0, 0.05) is 0 Å². The van der Waals surface area contributed by atoms with E-state index in [0.29, 0.717) is 17.8 Å². The maximum Gasteiger partial charge on any atom is 0.118 e. The summed E-state index contributed by atoms with van der Waals surface area (Å²) in [7, 11) is 1.72. The summed E-state index contributed by atoms with van der Waals surface area (Å²) in [6.45, 7) is 2.15. The summed E-state index contributed by atoms with van der Waals surface area (Å²) < 4.78 is 5.31. The van der Waals surface area contributed by atoms with Crippen LogP contribution in [0.1, 0.15) is 40.0 Å². The average molecular weight is 314 g/mol. The maximum absolute atomic E-state index is 5.31. The van der Waals surface area contributed by atoms with Crippen LogP contribution in [0.5, 0.6) is 5.75 Å². The van der Waals surface area contributed by atoms with Gasteiger partial charge in [-0.1, -0.05) is 72.3 Å². The molecular weight excluding hydrogens is 292 g/mol. The summed E-state index contributed by atoms with van der Waals surface area (Å²) in [5.74, 6) is 2.58. The number of aryl methyl sites for hydroxylation is 1. The highest BCUT2D eigenvalue weighted by Crippen LogP contribution is 2.66. The molecule has 3 aromatic carbocycles. The lowest BCUT2D eigenvalue weighted by molar-refractivity contribution is 0.414. The number of hydrogen-bond acceptors (Lipinski definition) is 1. The Morgan fingerprint density at radius 2 is 1.04 bits per heavy atom. The molecule has 1 heteroatoms. The van der Waals surface area contributed by atoms with Crippen molar-refractivity contribution in [2.45, 2.75) is 24.7 Å². The van der Waals surface area contributed by atoms with Crippen LogP contribution in [0.25, 0.3) is 0 Å². The molecule has 1 fully saturated rings. The summed E-state index contributed by atoms with van der Waals surface area (Å²) >= 11 is 0. The normalized spacial score (nSPS) is 22.2. The number of hydrogen-bond donors (Lipinski definition) is 0. The minimum absolute atomic E-state index is 0.543. The van der Waals surface area contributed by atoms with Crippen LogP contribution in [-0.2, 0) is 0 Å². The molecule has 1 saturated carbocycles. The Bertz CT molecular complexity index is 803. The first-order valence-electron chi connectivity index (χ1n) is 8.53. The minimum Gasteiger partial charge on any atom is -0.497 e. The van der Waals surface area contributed by atoms with Gasteiger partial charge in [0.1, 0.15) is 5.75 Å². The Morgan fingerprint density at radius 3 is 1.54 bits per heavy atom. The fraction of sp³-hybridized carbons (Fsp3) is 0.217. The largest absolute Gasteiger partial charge is 0.497 e. The number of benzene rings is 3. The molecule has 1 aliphatic carbocycles. The summed E-state index contributed by atoms with van der Waals surface area (Å²) in [6, 6.07) is 28.5. The van der Waals surface area contributed by atoms with E-state index in [9.17, 15) is 0 Å². The first-order chi connectivity index (χ1) is 11.8. The van der Waals surface area contributed by atoms with Crippen LogP contribution >= 0.6 is 0 Å². The molecule has 0 N–H and O–H groups in total. The Kier molecular flexibility index (Phi) is 3.86. The van der Waals surface area contributed by atoms with E-state index in [1.54, 1.807) is 7.11 Å². The standard InChI is InChI=1S/C23H22O/c1-16-8-10-18(11-9-16)22-21(17-6-4-3-5-7-17)23(22)19-12-14-20(24-2)15-13-19/h3-15,21-23H,1-2H3. The van der Waals surface area contributed by atoms with Crippen LogP contribution in [-0.4, -0.2) is 7.11 Å². The highest BCUT2D eigenvalue weighted by atomic mass is 16.5. The molecule has 4 rings (SSSR count). The molecular formula is C23H22O. The molecule has 0 aromatic heterocycles. The van der Waals surface area contributed by atoms with Crippen LogP contribution in [0.3, 0.4) is 0 Å². The SMILES string of the molecule is COc1ccc(C2C(c3ccccc3)C2c2ccc(C)cc2)cc1. The maximum atomic E-state index is 5.31. The lowest BCUT2D eigenvalue weighted by Crippen LogP contribution is -1.86. The topological polar surface area (TPSA) is 9.23 Å². The van der Waals surface area contributed by atoms with Crippen molar-refractivity contribution in [3.63, 3.8) is 0 Å². The van der Waals surface area contributed by atoms with Gasteiger partial charge in [-0.15, -0.1) is 0 Å². The summed E-state index contributed by atoms with van der Waals surface area (Å²) in [4.78, 5) is 0. The Labute approximate surface area is 143 Å². The van der Waals surface area contributed by atoms with Crippen LogP contribution in [0.4, 0.5) is 0 Å². The van der Waals surface area contributed by atoms with E-state index in [1.807, 2.05) is 0 Å². The predicted molar refractivity (Wildman–Crippen MR) is 98.8 cm³/mol. The lowest BCUT2D eigenvalue weighted by Gasteiger charge is -2.04. The molecule has 0 aliphatic heterocycles. The number of ether oxygens (including phenoxy) is 1. The Balaban J connectivity index is 1.70. The lowest BCUT2D eigenvalue weighted by atomic mass is 10.0. The molecule has 0 bridgehead atoms. The predicted octanol–water partition coefficient (Wildman–Crippen LogP) is 5.67. The van der Waals surface area contributed by atoms with E-state index in [1.165, 1.54) is 22.3 Å². The van der Waals surface area contributed by atoms with Crippen molar-refractivity contribution in [2.24, 2.45) is 0 Å². The first kappa shape index (κ1) is 15.0. The minimum atomic E-state index is 0.543. The molecule has 0 amide bonds. The van der Waals surface area contributed by atoms with Crippen molar-refractivity contribution in [2.75, 3.05) is 7.11 Å². The molecule has 3 aromatic rings. The van der Waals surface area contributed by atoms with Crippen LogP contribution in [0.15, 0.2) is 78.9 Å². The van der Waals surface area contributed by atoms with Gasteiger partial charge in [0.15, 0.2) is 0 Å². The van der Waals surface area contributed by atoms with Crippen molar-refractivity contribution in [1.82, 2.24) is 0 Å². The van der Waals surface area contributed by atoms with Gasteiger partial charge >= 0.3 is 0 Å². The molecule has 24 heavy (non-hydrogen) atoms. The third-order valence-electron chi connectivity index (χ3n) is 5.17. The third-order valence-corrected chi connectivity index (χ3v) is 5.17. The van der Waals surface area contributed by atoms with E-state index in [2.05, 4.69) is 85.8 Å². The van der Waals surface area contributed by atoms with Gasteiger partial charge in [0.05, 0.1) is 7.11 Å². The van der Waals surface area contributed by atoms with Gasteiger partial charge < -0.3 is 4.74 Å². The second kappa shape index (κ2) is 6.16. The summed E-state index contributed by atoms with van der Waals surface area (Å²) in [5, 5.41) is 0. The van der Waals surface area contributed by atoms with Crippen LogP contribution < -0.4 is 4.74 Å². The second-order valence-electron chi connectivity index (χ2n) is 6.67. The molecule has 1 aliphatic rings. The zero-order chi connectivity index (χ0) is 16.5. The second-order valence-corrected chi connectivity index (χ2v) is 6.67. The molecule has 0 saturated heterocycles. The molecule has 3 atom stereocenters. The third kappa shape index (κ3) is 2.71. The van der Waals surface area contributed by atoms with Gasteiger partial charge in [-0.2, -0.15) is 0 Å². The van der Waals surface area contributed by atoms with E-state index < -0.39 is 0 Å². The van der Waals surface area contributed by atoms with Crippen LogP contribution in [0.2, 0.25) is 0 Å². The average Bonchev–Trinajstić information content (AvgIpc) is 3.39. The number of rotatable bonds is 4. The molecule has 0 radical (unpaired) electrons. The highest BCUT2D eigenvalue weighted by molar-refractivity contribution is 5.48. The highest BCUT2D eigenvalue weighted by Gasteiger charge is 2.52. The van der Waals surface area contributed by atoms with Gasteiger partial charge in [0.25, 0.3) is 0 Å². The van der Waals surface area contributed by atoms with Crippen molar-refractivity contribution in [3.05, 3.63) is 101 Å². The zero-order valence-corrected chi connectivity index (χ0v) is 14.1. The van der Waals surface area contributed by atoms with E-state index in [4.69, 9.17) is 4.74 Å².